The monoisotopic (exact) mass is 276 g/mol. The number of hydrogen-bond acceptors (Lipinski definition) is 2. The average molecular weight is 276 g/mol. The summed E-state index contributed by atoms with van der Waals surface area (Å²) in [6.45, 7) is 16.8. The van der Waals surface area contributed by atoms with Crippen LogP contribution in [0.25, 0.3) is 0 Å². The topological polar surface area (TPSA) is 15.3 Å². The summed E-state index contributed by atoms with van der Waals surface area (Å²) < 4.78 is 0. The zero-order valence-electron chi connectivity index (χ0n) is 14.1. The Morgan fingerprint density at radius 3 is 2.30 bits per heavy atom. The molecule has 1 unspecified atom stereocenters. The van der Waals surface area contributed by atoms with Crippen molar-refractivity contribution in [2.75, 3.05) is 24.5 Å². The number of aryl methyl sites for hydroxylation is 1. The van der Waals surface area contributed by atoms with Crippen LogP contribution in [0.5, 0.6) is 0 Å². The lowest BCUT2D eigenvalue weighted by atomic mass is 10.0. The summed E-state index contributed by atoms with van der Waals surface area (Å²) in [5, 5.41) is 3.62. The van der Waals surface area contributed by atoms with Crippen molar-refractivity contribution in [2.45, 2.75) is 47.6 Å². The van der Waals surface area contributed by atoms with Gasteiger partial charge in [0, 0.05) is 24.8 Å². The van der Waals surface area contributed by atoms with E-state index < -0.39 is 0 Å². The summed E-state index contributed by atoms with van der Waals surface area (Å²) >= 11 is 0. The average Bonchev–Trinajstić information content (AvgIpc) is 2.37. The summed E-state index contributed by atoms with van der Waals surface area (Å²) in [7, 11) is 0. The lowest BCUT2D eigenvalue weighted by Gasteiger charge is -2.36. The molecule has 114 valence electrons. The van der Waals surface area contributed by atoms with Crippen LogP contribution in [0.3, 0.4) is 0 Å². The van der Waals surface area contributed by atoms with Crippen molar-refractivity contribution < 1.29 is 0 Å². The van der Waals surface area contributed by atoms with Crippen LogP contribution >= 0.6 is 0 Å². The van der Waals surface area contributed by atoms with Gasteiger partial charge in [0.25, 0.3) is 0 Å². The van der Waals surface area contributed by atoms with Crippen LogP contribution in [-0.2, 0) is 0 Å². The van der Waals surface area contributed by atoms with Crippen LogP contribution in [0.4, 0.5) is 5.69 Å². The van der Waals surface area contributed by atoms with Gasteiger partial charge in [0.1, 0.15) is 0 Å². The van der Waals surface area contributed by atoms with Crippen molar-refractivity contribution in [3.63, 3.8) is 0 Å². The number of nitrogens with zero attached hydrogens (tertiary/aromatic N) is 1. The molecule has 0 saturated heterocycles. The molecule has 1 N–H and O–H groups in total. The maximum atomic E-state index is 3.62. The number of nitrogens with one attached hydrogen (secondary N) is 1. The highest BCUT2D eigenvalue weighted by Crippen LogP contribution is 2.21. The lowest BCUT2D eigenvalue weighted by molar-refractivity contribution is 0.416. The van der Waals surface area contributed by atoms with Crippen LogP contribution in [0.2, 0.25) is 0 Å². The summed E-state index contributed by atoms with van der Waals surface area (Å²) in [5.74, 6) is 1.34. The van der Waals surface area contributed by atoms with E-state index in [0.29, 0.717) is 17.9 Å². The Kier molecular flexibility index (Phi) is 7.08. The minimum atomic E-state index is 0.542. The van der Waals surface area contributed by atoms with Gasteiger partial charge in [0.2, 0.25) is 0 Å². The van der Waals surface area contributed by atoms with Gasteiger partial charge in [0.15, 0.2) is 0 Å². The molecule has 0 aliphatic rings. The Morgan fingerprint density at radius 2 is 1.80 bits per heavy atom. The summed E-state index contributed by atoms with van der Waals surface area (Å²) in [6, 6.07) is 9.39. The summed E-state index contributed by atoms with van der Waals surface area (Å²) in [6.07, 6.45) is 0. The van der Waals surface area contributed by atoms with Crippen molar-refractivity contribution in [1.82, 2.24) is 5.32 Å². The first-order valence-corrected chi connectivity index (χ1v) is 7.99. The fraction of sp³-hybridized carbons (Fsp3) is 0.667. The van der Waals surface area contributed by atoms with Crippen molar-refractivity contribution in [2.24, 2.45) is 11.8 Å². The Morgan fingerprint density at radius 1 is 1.10 bits per heavy atom. The number of likely N-dealkylation sites (N-methyl/N-ethyl adjacent to an activating group) is 1. The SMILES string of the molecule is CCN(c1cccc(C)c1)C(CNCC(C)C)C(C)C. The molecule has 0 aromatic heterocycles. The van der Waals surface area contributed by atoms with Crippen LogP contribution in [0.1, 0.15) is 40.2 Å². The van der Waals surface area contributed by atoms with Gasteiger partial charge in [-0.3, -0.25) is 0 Å². The second-order valence-corrected chi connectivity index (χ2v) is 6.49. The third-order valence-electron chi connectivity index (χ3n) is 3.75. The maximum absolute atomic E-state index is 3.62. The van der Waals surface area contributed by atoms with Crippen LogP contribution in [-0.4, -0.2) is 25.7 Å². The minimum Gasteiger partial charge on any atom is -0.367 e. The number of anilines is 1. The molecule has 0 amide bonds. The summed E-state index contributed by atoms with van der Waals surface area (Å²) in [5.41, 5.74) is 2.68. The molecule has 1 rings (SSSR count). The summed E-state index contributed by atoms with van der Waals surface area (Å²) in [4.78, 5) is 2.53. The van der Waals surface area contributed by atoms with Gasteiger partial charge in [0.05, 0.1) is 0 Å². The van der Waals surface area contributed by atoms with E-state index in [-0.39, 0.29) is 0 Å². The van der Waals surface area contributed by atoms with E-state index in [9.17, 15) is 0 Å². The van der Waals surface area contributed by atoms with Crippen LogP contribution < -0.4 is 10.2 Å². The molecule has 0 aliphatic heterocycles. The first kappa shape index (κ1) is 17.0. The molecule has 1 atom stereocenters. The zero-order chi connectivity index (χ0) is 15.1. The van der Waals surface area contributed by atoms with E-state index in [1.807, 2.05) is 0 Å². The fourth-order valence-electron chi connectivity index (χ4n) is 2.64. The van der Waals surface area contributed by atoms with Crippen LogP contribution in [0, 0.1) is 18.8 Å². The van der Waals surface area contributed by atoms with Gasteiger partial charge in [-0.25, -0.2) is 0 Å². The van der Waals surface area contributed by atoms with Gasteiger partial charge in [-0.05, 0) is 49.9 Å². The molecular formula is C18H32N2. The molecule has 2 heteroatoms. The smallest absolute Gasteiger partial charge is 0.0437 e. The Bertz CT molecular complexity index is 385. The Balaban J connectivity index is 2.81. The van der Waals surface area contributed by atoms with E-state index in [0.717, 1.165) is 19.6 Å². The highest BCUT2D eigenvalue weighted by atomic mass is 15.2. The zero-order valence-corrected chi connectivity index (χ0v) is 14.1. The molecule has 0 aliphatic carbocycles. The number of rotatable bonds is 8. The first-order valence-electron chi connectivity index (χ1n) is 7.99. The largest absolute Gasteiger partial charge is 0.367 e. The molecule has 0 saturated carbocycles. The third-order valence-corrected chi connectivity index (χ3v) is 3.75. The Labute approximate surface area is 125 Å². The maximum Gasteiger partial charge on any atom is 0.0437 e. The van der Waals surface area contributed by atoms with E-state index in [1.54, 1.807) is 0 Å². The van der Waals surface area contributed by atoms with Crippen LogP contribution in [0.15, 0.2) is 24.3 Å². The third kappa shape index (κ3) is 5.16. The first-order chi connectivity index (χ1) is 9.45. The normalized spacial score (nSPS) is 13.0. The van der Waals surface area contributed by atoms with E-state index in [2.05, 4.69) is 76.0 Å². The highest BCUT2D eigenvalue weighted by Gasteiger charge is 2.20. The molecule has 20 heavy (non-hydrogen) atoms. The highest BCUT2D eigenvalue weighted by molar-refractivity contribution is 5.49. The van der Waals surface area contributed by atoms with Gasteiger partial charge in [-0.15, -0.1) is 0 Å². The fourth-order valence-corrected chi connectivity index (χ4v) is 2.64. The second kappa shape index (κ2) is 8.31. The van der Waals surface area contributed by atoms with Gasteiger partial charge in [-0.1, -0.05) is 39.8 Å². The van der Waals surface area contributed by atoms with E-state index in [4.69, 9.17) is 0 Å². The number of benzene rings is 1. The molecule has 1 aromatic carbocycles. The molecule has 2 nitrogen and oxygen atoms in total. The molecule has 0 radical (unpaired) electrons. The predicted molar refractivity (Wildman–Crippen MR) is 90.5 cm³/mol. The second-order valence-electron chi connectivity index (χ2n) is 6.49. The molecule has 0 heterocycles. The van der Waals surface area contributed by atoms with E-state index in [1.165, 1.54) is 11.3 Å². The van der Waals surface area contributed by atoms with Crippen molar-refractivity contribution >= 4 is 5.69 Å². The molecule has 1 aromatic rings. The standard InChI is InChI=1S/C18H32N2/c1-7-20(17-10-8-9-16(6)11-17)18(15(4)5)13-19-12-14(2)3/h8-11,14-15,18-19H,7,12-13H2,1-6H3. The molecule has 0 spiro atoms. The molecule has 0 bridgehead atoms. The van der Waals surface area contributed by atoms with Gasteiger partial charge >= 0.3 is 0 Å². The van der Waals surface area contributed by atoms with Crippen molar-refractivity contribution in [1.29, 1.82) is 0 Å². The van der Waals surface area contributed by atoms with E-state index >= 15 is 0 Å². The van der Waals surface area contributed by atoms with Crippen molar-refractivity contribution in [3.8, 4) is 0 Å². The molecular weight excluding hydrogens is 244 g/mol. The minimum absolute atomic E-state index is 0.542. The van der Waals surface area contributed by atoms with Gasteiger partial charge < -0.3 is 10.2 Å². The quantitative estimate of drug-likeness (QED) is 0.769. The molecule has 0 fully saturated rings. The number of hydrogen-bond donors (Lipinski definition) is 1. The predicted octanol–water partition coefficient (Wildman–Crippen LogP) is 4.09. The lowest BCUT2D eigenvalue weighted by Crippen LogP contribution is -2.46. The Hall–Kier alpha value is -1.02. The van der Waals surface area contributed by atoms with Gasteiger partial charge in [-0.2, -0.15) is 0 Å². The van der Waals surface area contributed by atoms with Crippen molar-refractivity contribution in [3.05, 3.63) is 29.8 Å².